The van der Waals surface area contributed by atoms with Gasteiger partial charge in [-0.1, -0.05) is 36.4 Å². The number of aromatic nitrogens is 3. The molecule has 4 rings (SSSR count). The van der Waals surface area contributed by atoms with Gasteiger partial charge in [0.1, 0.15) is 0 Å². The summed E-state index contributed by atoms with van der Waals surface area (Å²) in [7, 11) is 0. The van der Waals surface area contributed by atoms with Gasteiger partial charge in [0.25, 0.3) is 5.56 Å². The third kappa shape index (κ3) is 2.14. The van der Waals surface area contributed by atoms with Crippen LogP contribution in [0.25, 0.3) is 16.8 Å². The van der Waals surface area contributed by atoms with E-state index in [1.54, 1.807) is 0 Å². The quantitative estimate of drug-likeness (QED) is 0.617. The molecule has 0 saturated heterocycles. The third-order valence-electron chi connectivity index (χ3n) is 4.46. The van der Waals surface area contributed by atoms with Crippen molar-refractivity contribution < 1.29 is 0 Å². The smallest absolute Gasteiger partial charge is 0.256 e. The van der Waals surface area contributed by atoms with Crippen LogP contribution in [0.5, 0.6) is 0 Å². The molecule has 0 aliphatic rings. The van der Waals surface area contributed by atoms with E-state index >= 15 is 0 Å². The van der Waals surface area contributed by atoms with Crippen LogP contribution in [0.1, 0.15) is 22.4 Å². The van der Waals surface area contributed by atoms with Crippen LogP contribution in [0.3, 0.4) is 0 Å². The molecular formula is C19H17N3O. The molecule has 2 heterocycles. The van der Waals surface area contributed by atoms with Crippen molar-refractivity contribution in [2.45, 2.75) is 20.3 Å². The zero-order chi connectivity index (χ0) is 16.0. The Kier molecular flexibility index (Phi) is 3.05. The highest BCUT2D eigenvalue weighted by atomic mass is 16.1. The number of nitrogens with zero attached hydrogens (tertiary/aromatic N) is 2. The molecular weight excluding hydrogens is 286 g/mol. The molecule has 0 aliphatic heterocycles. The molecule has 0 amide bonds. The van der Waals surface area contributed by atoms with Crippen molar-refractivity contribution in [3.63, 3.8) is 0 Å². The number of rotatable bonds is 2. The lowest BCUT2D eigenvalue weighted by molar-refractivity contribution is 0.962. The number of benzene rings is 2. The zero-order valence-corrected chi connectivity index (χ0v) is 13.1. The molecule has 0 atom stereocenters. The standard InChI is InChI=1S/C19H17N3O/c1-12-7-3-4-8-14(12)11-15-13(2)22-17-10-6-5-9-16(17)20-19(22)21-18(15)23/h3-10H,11H2,1-2H3,(H,20,21,23). The Balaban J connectivity index is 1.98. The molecule has 23 heavy (non-hydrogen) atoms. The SMILES string of the molecule is Cc1ccccc1Cc1c(C)n2c(nc3ccccc32)[nH]c1=O. The summed E-state index contributed by atoms with van der Waals surface area (Å²) < 4.78 is 2.03. The second kappa shape index (κ2) is 5.09. The average Bonchev–Trinajstić information content (AvgIpc) is 2.91. The lowest BCUT2D eigenvalue weighted by Gasteiger charge is -2.10. The third-order valence-corrected chi connectivity index (χ3v) is 4.46. The van der Waals surface area contributed by atoms with E-state index in [1.165, 1.54) is 11.1 Å². The van der Waals surface area contributed by atoms with Gasteiger partial charge < -0.3 is 0 Å². The van der Waals surface area contributed by atoms with Crippen LogP contribution in [0.4, 0.5) is 0 Å². The van der Waals surface area contributed by atoms with E-state index in [9.17, 15) is 4.79 Å². The first-order chi connectivity index (χ1) is 11.1. The molecule has 0 saturated carbocycles. The van der Waals surface area contributed by atoms with Crippen LogP contribution in [0.15, 0.2) is 53.3 Å². The van der Waals surface area contributed by atoms with Crippen LogP contribution in [-0.2, 0) is 6.42 Å². The molecule has 0 bridgehead atoms. The van der Waals surface area contributed by atoms with Crippen molar-refractivity contribution in [1.29, 1.82) is 0 Å². The van der Waals surface area contributed by atoms with Crippen LogP contribution >= 0.6 is 0 Å². The summed E-state index contributed by atoms with van der Waals surface area (Å²) in [4.78, 5) is 20.0. The van der Waals surface area contributed by atoms with Gasteiger partial charge in [0.15, 0.2) is 0 Å². The Labute approximate surface area is 133 Å². The fourth-order valence-electron chi connectivity index (χ4n) is 3.13. The minimum absolute atomic E-state index is 0.0615. The number of imidazole rings is 1. The molecule has 0 aliphatic carbocycles. The maximum atomic E-state index is 12.5. The Morgan fingerprint density at radius 1 is 1.04 bits per heavy atom. The van der Waals surface area contributed by atoms with Gasteiger partial charge in [0.2, 0.25) is 5.78 Å². The van der Waals surface area contributed by atoms with E-state index in [0.29, 0.717) is 12.2 Å². The van der Waals surface area contributed by atoms with Crippen LogP contribution in [0, 0.1) is 13.8 Å². The fourth-order valence-corrected chi connectivity index (χ4v) is 3.13. The summed E-state index contributed by atoms with van der Waals surface area (Å²) in [5, 5.41) is 0. The Bertz CT molecular complexity index is 1090. The van der Waals surface area contributed by atoms with Gasteiger partial charge >= 0.3 is 0 Å². The number of fused-ring (bicyclic) bond motifs is 3. The van der Waals surface area contributed by atoms with Gasteiger partial charge in [-0.25, -0.2) is 4.98 Å². The Morgan fingerprint density at radius 2 is 1.78 bits per heavy atom. The number of aromatic amines is 1. The number of H-pyrrole nitrogens is 1. The molecule has 4 heteroatoms. The van der Waals surface area contributed by atoms with Gasteiger partial charge in [-0.2, -0.15) is 0 Å². The minimum atomic E-state index is -0.0615. The summed E-state index contributed by atoms with van der Waals surface area (Å²) in [6.07, 6.45) is 0.621. The minimum Gasteiger partial charge on any atom is -0.292 e. The average molecular weight is 303 g/mol. The molecule has 2 aromatic heterocycles. The lowest BCUT2D eigenvalue weighted by atomic mass is 10.0. The monoisotopic (exact) mass is 303 g/mol. The van der Waals surface area contributed by atoms with Crippen molar-refractivity contribution >= 4 is 16.8 Å². The normalized spacial score (nSPS) is 11.4. The van der Waals surface area contributed by atoms with E-state index in [4.69, 9.17) is 0 Å². The van der Waals surface area contributed by atoms with Crippen molar-refractivity contribution in [2.75, 3.05) is 0 Å². The van der Waals surface area contributed by atoms with Crippen molar-refractivity contribution in [3.8, 4) is 0 Å². The highest BCUT2D eigenvalue weighted by Crippen LogP contribution is 2.19. The van der Waals surface area contributed by atoms with E-state index in [2.05, 4.69) is 29.0 Å². The van der Waals surface area contributed by atoms with Crippen LogP contribution in [-0.4, -0.2) is 14.4 Å². The van der Waals surface area contributed by atoms with E-state index in [1.807, 2.05) is 47.7 Å². The maximum Gasteiger partial charge on any atom is 0.256 e. The molecule has 1 N–H and O–H groups in total. The summed E-state index contributed by atoms with van der Waals surface area (Å²) in [5.74, 6) is 0.599. The molecule has 114 valence electrons. The van der Waals surface area contributed by atoms with Crippen molar-refractivity contribution in [3.05, 3.63) is 81.3 Å². The molecule has 0 unspecified atom stereocenters. The maximum absolute atomic E-state index is 12.5. The number of nitrogens with one attached hydrogen (secondary N) is 1. The first-order valence-electron chi connectivity index (χ1n) is 7.68. The highest BCUT2D eigenvalue weighted by molar-refractivity contribution is 5.79. The van der Waals surface area contributed by atoms with Crippen molar-refractivity contribution in [2.24, 2.45) is 0 Å². The van der Waals surface area contributed by atoms with Gasteiger partial charge in [-0.15, -0.1) is 0 Å². The Hall–Kier alpha value is -2.88. The predicted molar refractivity (Wildman–Crippen MR) is 92.0 cm³/mol. The molecule has 0 radical (unpaired) electrons. The summed E-state index contributed by atoms with van der Waals surface area (Å²) in [5.41, 5.74) is 5.94. The van der Waals surface area contributed by atoms with Gasteiger partial charge in [0, 0.05) is 17.7 Å². The fraction of sp³-hybridized carbons (Fsp3) is 0.158. The number of hydrogen-bond donors (Lipinski definition) is 1. The van der Waals surface area contributed by atoms with E-state index in [0.717, 1.165) is 22.3 Å². The van der Waals surface area contributed by atoms with Gasteiger partial charge in [-0.3, -0.25) is 14.2 Å². The second-order valence-electron chi connectivity index (χ2n) is 5.88. The number of para-hydroxylation sites is 2. The molecule has 0 fully saturated rings. The first-order valence-corrected chi connectivity index (χ1v) is 7.68. The predicted octanol–water partition coefficient (Wildman–Crippen LogP) is 3.38. The lowest BCUT2D eigenvalue weighted by Crippen LogP contribution is -2.18. The topological polar surface area (TPSA) is 50.2 Å². The first kappa shape index (κ1) is 13.8. The summed E-state index contributed by atoms with van der Waals surface area (Å²) in [6, 6.07) is 16.1. The van der Waals surface area contributed by atoms with Gasteiger partial charge in [-0.05, 0) is 37.1 Å². The Morgan fingerprint density at radius 3 is 2.61 bits per heavy atom. The van der Waals surface area contributed by atoms with Crippen LogP contribution < -0.4 is 5.56 Å². The summed E-state index contributed by atoms with van der Waals surface area (Å²) >= 11 is 0. The summed E-state index contributed by atoms with van der Waals surface area (Å²) in [6.45, 7) is 4.06. The van der Waals surface area contributed by atoms with Crippen molar-refractivity contribution in [1.82, 2.24) is 14.4 Å². The van der Waals surface area contributed by atoms with E-state index < -0.39 is 0 Å². The number of aryl methyl sites for hydroxylation is 2. The molecule has 0 spiro atoms. The molecule has 4 nitrogen and oxygen atoms in total. The highest BCUT2D eigenvalue weighted by Gasteiger charge is 2.14. The zero-order valence-electron chi connectivity index (χ0n) is 13.1. The van der Waals surface area contributed by atoms with Gasteiger partial charge in [0.05, 0.1) is 11.0 Å². The van der Waals surface area contributed by atoms with E-state index in [-0.39, 0.29) is 5.56 Å². The molecule has 4 aromatic rings. The molecule has 2 aromatic carbocycles. The largest absolute Gasteiger partial charge is 0.292 e. The second-order valence-corrected chi connectivity index (χ2v) is 5.88. The van der Waals surface area contributed by atoms with Crippen LogP contribution in [0.2, 0.25) is 0 Å². The number of hydrogen-bond acceptors (Lipinski definition) is 2.